The van der Waals surface area contributed by atoms with Crippen LogP contribution in [0.2, 0.25) is 0 Å². The Morgan fingerprint density at radius 1 is 0.812 bits per heavy atom. The fourth-order valence-corrected chi connectivity index (χ4v) is 3.46. The molecule has 2 rings (SSSR count). The van der Waals surface area contributed by atoms with Gasteiger partial charge in [0, 0.05) is 12.1 Å². The predicted octanol–water partition coefficient (Wildman–Crippen LogP) is 2.82. The average molecular weight is 224 g/mol. The molecule has 2 aliphatic rings. The van der Waals surface area contributed by atoms with Crippen molar-refractivity contribution in [3.8, 4) is 0 Å². The second-order valence-corrected chi connectivity index (χ2v) is 5.74. The molecule has 2 aliphatic carbocycles. The highest BCUT2D eigenvalue weighted by molar-refractivity contribution is 4.86. The molecule has 3 N–H and O–H groups in total. The van der Waals surface area contributed by atoms with E-state index in [1.165, 1.54) is 64.2 Å². The van der Waals surface area contributed by atoms with Gasteiger partial charge in [-0.2, -0.15) is 0 Å². The monoisotopic (exact) mass is 224 g/mol. The van der Waals surface area contributed by atoms with Crippen LogP contribution in [0.25, 0.3) is 0 Å². The third kappa shape index (κ3) is 3.46. The van der Waals surface area contributed by atoms with Gasteiger partial charge in [0.1, 0.15) is 0 Å². The number of nitrogens with two attached hydrogens (primary N) is 1. The van der Waals surface area contributed by atoms with Crippen molar-refractivity contribution in [3.05, 3.63) is 0 Å². The van der Waals surface area contributed by atoms with E-state index in [0.29, 0.717) is 0 Å². The van der Waals surface area contributed by atoms with Crippen LogP contribution >= 0.6 is 0 Å². The molecule has 0 amide bonds. The van der Waals surface area contributed by atoms with Crippen LogP contribution in [0.5, 0.6) is 0 Å². The minimum atomic E-state index is 0.731. The fraction of sp³-hybridized carbons (Fsp3) is 1.00. The van der Waals surface area contributed by atoms with Gasteiger partial charge in [-0.05, 0) is 38.1 Å². The van der Waals surface area contributed by atoms with Crippen molar-refractivity contribution in [2.24, 2.45) is 11.7 Å². The number of hydrogen-bond acceptors (Lipinski definition) is 2. The van der Waals surface area contributed by atoms with Crippen LogP contribution in [0, 0.1) is 5.92 Å². The largest absolute Gasteiger partial charge is 0.330 e. The topological polar surface area (TPSA) is 38.0 Å². The van der Waals surface area contributed by atoms with E-state index in [1.54, 1.807) is 0 Å². The fourth-order valence-electron chi connectivity index (χ4n) is 3.46. The second kappa shape index (κ2) is 6.61. The van der Waals surface area contributed by atoms with Crippen LogP contribution in [0.4, 0.5) is 0 Å². The lowest BCUT2D eigenvalue weighted by Gasteiger charge is -2.28. The first kappa shape index (κ1) is 12.4. The molecule has 2 atom stereocenters. The standard InChI is InChI=1S/C14H28N2/c15-11-12-7-6-10-14(12)16-13-8-4-2-1-3-5-9-13/h12-14,16H,1-11,15H2. The zero-order valence-electron chi connectivity index (χ0n) is 10.6. The Kier molecular flexibility index (Phi) is 5.11. The summed E-state index contributed by atoms with van der Waals surface area (Å²) in [5.41, 5.74) is 5.85. The van der Waals surface area contributed by atoms with Gasteiger partial charge in [-0.25, -0.2) is 0 Å². The Labute approximate surface area is 100 Å². The van der Waals surface area contributed by atoms with Gasteiger partial charge in [-0.1, -0.05) is 38.5 Å². The van der Waals surface area contributed by atoms with E-state index in [4.69, 9.17) is 5.73 Å². The molecule has 0 aromatic carbocycles. The maximum absolute atomic E-state index is 5.85. The highest BCUT2D eigenvalue weighted by Crippen LogP contribution is 2.26. The zero-order chi connectivity index (χ0) is 11.2. The highest BCUT2D eigenvalue weighted by Gasteiger charge is 2.27. The van der Waals surface area contributed by atoms with Gasteiger partial charge in [-0.3, -0.25) is 0 Å². The van der Waals surface area contributed by atoms with Crippen molar-refractivity contribution in [2.75, 3.05) is 6.54 Å². The van der Waals surface area contributed by atoms with Crippen molar-refractivity contribution in [2.45, 2.75) is 76.3 Å². The van der Waals surface area contributed by atoms with Gasteiger partial charge in [-0.15, -0.1) is 0 Å². The van der Waals surface area contributed by atoms with E-state index >= 15 is 0 Å². The number of rotatable bonds is 3. The predicted molar refractivity (Wildman–Crippen MR) is 69.4 cm³/mol. The summed E-state index contributed by atoms with van der Waals surface area (Å²) < 4.78 is 0. The SMILES string of the molecule is NCC1CCCC1NC1CCCCCCC1. The summed E-state index contributed by atoms with van der Waals surface area (Å²) in [6.07, 6.45) is 14.1. The highest BCUT2D eigenvalue weighted by atomic mass is 15.0. The molecule has 2 saturated carbocycles. The quantitative estimate of drug-likeness (QED) is 0.773. The third-order valence-electron chi connectivity index (χ3n) is 4.52. The van der Waals surface area contributed by atoms with Crippen LogP contribution in [0.15, 0.2) is 0 Å². The summed E-state index contributed by atoms with van der Waals surface area (Å²) in [5, 5.41) is 3.91. The molecule has 0 aliphatic heterocycles. The summed E-state index contributed by atoms with van der Waals surface area (Å²) >= 11 is 0. The molecule has 0 aromatic rings. The van der Waals surface area contributed by atoms with Crippen LogP contribution in [-0.2, 0) is 0 Å². The minimum Gasteiger partial charge on any atom is -0.330 e. The first-order chi connectivity index (χ1) is 7.90. The van der Waals surface area contributed by atoms with E-state index in [-0.39, 0.29) is 0 Å². The van der Waals surface area contributed by atoms with Crippen LogP contribution in [0.3, 0.4) is 0 Å². The molecule has 0 spiro atoms. The van der Waals surface area contributed by atoms with E-state index in [0.717, 1.165) is 24.5 Å². The number of hydrogen-bond donors (Lipinski definition) is 2. The van der Waals surface area contributed by atoms with Gasteiger partial charge >= 0.3 is 0 Å². The molecule has 0 bridgehead atoms. The molecule has 0 radical (unpaired) electrons. The Morgan fingerprint density at radius 3 is 2.19 bits per heavy atom. The first-order valence-corrected chi connectivity index (χ1v) is 7.36. The molecule has 2 unspecified atom stereocenters. The van der Waals surface area contributed by atoms with Crippen molar-refractivity contribution < 1.29 is 0 Å². The average Bonchev–Trinajstić information content (AvgIpc) is 2.69. The molecule has 0 saturated heterocycles. The van der Waals surface area contributed by atoms with Crippen molar-refractivity contribution in [3.63, 3.8) is 0 Å². The third-order valence-corrected chi connectivity index (χ3v) is 4.52. The molecule has 2 fully saturated rings. The Bertz CT molecular complexity index is 185. The van der Waals surface area contributed by atoms with Gasteiger partial charge in [0.15, 0.2) is 0 Å². The molecule has 0 heterocycles. The lowest BCUT2D eigenvalue weighted by atomic mass is 9.94. The van der Waals surface area contributed by atoms with Gasteiger partial charge in [0.05, 0.1) is 0 Å². The lowest BCUT2D eigenvalue weighted by Crippen LogP contribution is -2.42. The maximum Gasteiger partial charge on any atom is 0.0110 e. The van der Waals surface area contributed by atoms with Crippen molar-refractivity contribution in [1.82, 2.24) is 5.32 Å². The molecular weight excluding hydrogens is 196 g/mol. The van der Waals surface area contributed by atoms with Crippen LogP contribution in [-0.4, -0.2) is 18.6 Å². The summed E-state index contributed by atoms with van der Waals surface area (Å²) in [4.78, 5) is 0. The van der Waals surface area contributed by atoms with Crippen molar-refractivity contribution in [1.29, 1.82) is 0 Å². The molecule has 16 heavy (non-hydrogen) atoms. The van der Waals surface area contributed by atoms with E-state index in [2.05, 4.69) is 5.32 Å². The molecular formula is C14H28N2. The van der Waals surface area contributed by atoms with Crippen LogP contribution in [0.1, 0.15) is 64.2 Å². The van der Waals surface area contributed by atoms with E-state index in [1.807, 2.05) is 0 Å². The normalized spacial score (nSPS) is 33.6. The number of nitrogens with one attached hydrogen (secondary N) is 1. The smallest absolute Gasteiger partial charge is 0.0110 e. The Hall–Kier alpha value is -0.0800. The van der Waals surface area contributed by atoms with Gasteiger partial charge in [0.2, 0.25) is 0 Å². The Morgan fingerprint density at radius 2 is 1.50 bits per heavy atom. The molecule has 2 nitrogen and oxygen atoms in total. The first-order valence-electron chi connectivity index (χ1n) is 7.36. The summed E-state index contributed by atoms with van der Waals surface area (Å²) in [6.45, 7) is 0.879. The van der Waals surface area contributed by atoms with Gasteiger partial charge < -0.3 is 11.1 Å². The maximum atomic E-state index is 5.85. The molecule has 94 valence electrons. The van der Waals surface area contributed by atoms with Gasteiger partial charge in [0.25, 0.3) is 0 Å². The molecule has 2 heteroatoms. The lowest BCUT2D eigenvalue weighted by molar-refractivity contribution is 0.314. The van der Waals surface area contributed by atoms with E-state index < -0.39 is 0 Å². The summed E-state index contributed by atoms with van der Waals surface area (Å²) in [6, 6.07) is 1.52. The Balaban J connectivity index is 1.77. The second-order valence-electron chi connectivity index (χ2n) is 5.74. The minimum absolute atomic E-state index is 0.731. The van der Waals surface area contributed by atoms with E-state index in [9.17, 15) is 0 Å². The zero-order valence-corrected chi connectivity index (χ0v) is 10.6. The molecule has 0 aromatic heterocycles. The van der Waals surface area contributed by atoms with Crippen molar-refractivity contribution >= 4 is 0 Å². The van der Waals surface area contributed by atoms with Crippen LogP contribution < -0.4 is 11.1 Å². The summed E-state index contributed by atoms with van der Waals surface area (Å²) in [5.74, 6) is 0.755. The summed E-state index contributed by atoms with van der Waals surface area (Å²) in [7, 11) is 0.